The van der Waals surface area contributed by atoms with Crippen LogP contribution in [0.3, 0.4) is 0 Å². The average molecular weight is 534 g/mol. The molecule has 0 aliphatic carbocycles. The maximum Gasteiger partial charge on any atom is 0.319 e. The SMILES string of the molecule is COC(=O)[C@@H]1C(=O)NC(SCC(=O)Nc2cc(OC)c(Cl)cc2OC)=C(C#N)[C@H]1c1ccccc1F. The number of hydrogen-bond acceptors (Lipinski definition) is 8. The molecule has 1 aliphatic rings. The molecule has 0 unspecified atom stereocenters. The second-order valence-electron chi connectivity index (χ2n) is 7.37. The lowest BCUT2D eigenvalue weighted by Crippen LogP contribution is -2.44. The number of allylic oxidation sites excluding steroid dienone is 1. The monoisotopic (exact) mass is 533 g/mol. The molecule has 0 fully saturated rings. The van der Waals surface area contributed by atoms with Crippen LogP contribution in [0.25, 0.3) is 0 Å². The summed E-state index contributed by atoms with van der Waals surface area (Å²) in [6.45, 7) is 0. The van der Waals surface area contributed by atoms with Crippen molar-refractivity contribution < 1.29 is 33.0 Å². The molecule has 0 spiro atoms. The van der Waals surface area contributed by atoms with Crippen LogP contribution in [0.5, 0.6) is 11.5 Å². The van der Waals surface area contributed by atoms with Crippen molar-refractivity contribution in [2.75, 3.05) is 32.4 Å². The fourth-order valence-electron chi connectivity index (χ4n) is 3.67. The Bertz CT molecular complexity index is 1280. The van der Waals surface area contributed by atoms with Crippen LogP contribution in [-0.2, 0) is 19.1 Å². The summed E-state index contributed by atoms with van der Waals surface area (Å²) in [7, 11) is 3.92. The number of thioether (sulfide) groups is 1. The fourth-order valence-corrected chi connectivity index (χ4v) is 4.74. The third kappa shape index (κ3) is 5.56. The summed E-state index contributed by atoms with van der Waals surface area (Å²) >= 11 is 6.94. The van der Waals surface area contributed by atoms with Gasteiger partial charge in [0.2, 0.25) is 11.8 Å². The quantitative estimate of drug-likeness (QED) is 0.389. The Morgan fingerprint density at radius 2 is 1.89 bits per heavy atom. The van der Waals surface area contributed by atoms with E-state index in [1.54, 1.807) is 0 Å². The topological polar surface area (TPSA) is 127 Å². The van der Waals surface area contributed by atoms with E-state index in [9.17, 15) is 24.0 Å². The summed E-state index contributed by atoms with van der Waals surface area (Å²) in [5.74, 6) is -5.22. The number of ether oxygens (including phenoxy) is 3. The van der Waals surface area contributed by atoms with Crippen molar-refractivity contribution in [3.8, 4) is 17.6 Å². The van der Waals surface area contributed by atoms with Gasteiger partial charge in [-0.05, 0) is 11.6 Å². The van der Waals surface area contributed by atoms with E-state index in [1.165, 1.54) is 50.6 Å². The smallest absolute Gasteiger partial charge is 0.319 e. The van der Waals surface area contributed by atoms with Gasteiger partial charge >= 0.3 is 5.97 Å². The van der Waals surface area contributed by atoms with E-state index in [1.807, 2.05) is 6.07 Å². The molecule has 0 bridgehead atoms. The number of carbonyl (C=O) groups excluding carboxylic acids is 3. The van der Waals surface area contributed by atoms with Gasteiger partial charge in [0.25, 0.3) is 0 Å². The third-order valence-electron chi connectivity index (χ3n) is 5.32. The van der Waals surface area contributed by atoms with Crippen LogP contribution in [0.4, 0.5) is 10.1 Å². The van der Waals surface area contributed by atoms with Crippen molar-refractivity contribution in [2.45, 2.75) is 5.92 Å². The molecule has 2 N–H and O–H groups in total. The molecule has 2 atom stereocenters. The highest BCUT2D eigenvalue weighted by molar-refractivity contribution is 8.03. The summed E-state index contributed by atoms with van der Waals surface area (Å²) in [4.78, 5) is 38.0. The number of carbonyl (C=O) groups is 3. The summed E-state index contributed by atoms with van der Waals surface area (Å²) in [6, 6.07) is 10.5. The van der Waals surface area contributed by atoms with Gasteiger partial charge in [-0.15, -0.1) is 0 Å². The molecule has 1 heterocycles. The number of hydrogen-bond donors (Lipinski definition) is 2. The van der Waals surface area contributed by atoms with Crippen molar-refractivity contribution in [3.63, 3.8) is 0 Å². The van der Waals surface area contributed by atoms with Gasteiger partial charge in [-0.3, -0.25) is 14.4 Å². The molecule has 3 rings (SSSR count). The second kappa shape index (κ2) is 11.8. The molecular formula is C24H21ClFN3O6S. The molecule has 2 amide bonds. The average Bonchev–Trinajstić information content (AvgIpc) is 2.87. The lowest BCUT2D eigenvalue weighted by molar-refractivity contribution is -0.150. The van der Waals surface area contributed by atoms with E-state index >= 15 is 0 Å². The van der Waals surface area contributed by atoms with Crippen molar-refractivity contribution in [1.82, 2.24) is 5.32 Å². The van der Waals surface area contributed by atoms with Crippen LogP contribution in [0, 0.1) is 23.1 Å². The zero-order chi connectivity index (χ0) is 26.4. The number of halogens is 2. The van der Waals surface area contributed by atoms with E-state index in [0.29, 0.717) is 17.2 Å². The molecule has 9 nitrogen and oxygen atoms in total. The van der Waals surface area contributed by atoms with Crippen LogP contribution in [0.15, 0.2) is 47.0 Å². The Hall–Kier alpha value is -3.75. The number of rotatable bonds is 8. The molecule has 2 aromatic carbocycles. The van der Waals surface area contributed by atoms with Crippen LogP contribution >= 0.6 is 23.4 Å². The highest BCUT2D eigenvalue weighted by Crippen LogP contribution is 2.41. The largest absolute Gasteiger partial charge is 0.495 e. The first-order valence-corrected chi connectivity index (χ1v) is 11.7. The Kier molecular flexibility index (Phi) is 8.79. The van der Waals surface area contributed by atoms with Gasteiger partial charge in [-0.25, -0.2) is 4.39 Å². The van der Waals surface area contributed by atoms with Crippen molar-refractivity contribution in [3.05, 3.63) is 63.4 Å². The number of nitrogens with zero attached hydrogens (tertiary/aromatic N) is 1. The van der Waals surface area contributed by atoms with E-state index in [0.717, 1.165) is 18.9 Å². The number of esters is 1. The van der Waals surface area contributed by atoms with Crippen molar-refractivity contribution in [2.24, 2.45) is 5.92 Å². The highest BCUT2D eigenvalue weighted by Gasteiger charge is 2.45. The van der Waals surface area contributed by atoms with Gasteiger partial charge in [-0.2, -0.15) is 5.26 Å². The maximum absolute atomic E-state index is 14.7. The number of benzene rings is 2. The van der Waals surface area contributed by atoms with E-state index in [4.69, 9.17) is 25.8 Å². The zero-order valence-electron chi connectivity index (χ0n) is 19.4. The first-order chi connectivity index (χ1) is 17.2. The normalized spacial score (nSPS) is 17.1. The van der Waals surface area contributed by atoms with Gasteiger partial charge in [0.1, 0.15) is 23.2 Å². The second-order valence-corrected chi connectivity index (χ2v) is 8.76. The lowest BCUT2D eigenvalue weighted by Gasteiger charge is -2.31. The van der Waals surface area contributed by atoms with Crippen LogP contribution < -0.4 is 20.1 Å². The van der Waals surface area contributed by atoms with Gasteiger partial charge in [0.15, 0.2) is 0 Å². The van der Waals surface area contributed by atoms with Crippen LogP contribution in [-0.4, -0.2) is 44.9 Å². The van der Waals surface area contributed by atoms with E-state index in [2.05, 4.69) is 10.6 Å². The number of nitrogens with one attached hydrogen (secondary N) is 2. The molecule has 36 heavy (non-hydrogen) atoms. The number of amides is 2. The summed E-state index contributed by atoms with van der Waals surface area (Å²) in [5.41, 5.74) is 0.208. The van der Waals surface area contributed by atoms with E-state index in [-0.39, 0.29) is 26.9 Å². The summed E-state index contributed by atoms with van der Waals surface area (Å²) in [5, 5.41) is 15.4. The minimum absolute atomic E-state index is 0.0140. The molecule has 188 valence electrons. The lowest BCUT2D eigenvalue weighted by atomic mass is 9.78. The van der Waals surface area contributed by atoms with Gasteiger partial charge in [-0.1, -0.05) is 41.6 Å². The Morgan fingerprint density at radius 1 is 1.19 bits per heavy atom. The predicted molar refractivity (Wildman–Crippen MR) is 131 cm³/mol. The maximum atomic E-state index is 14.7. The minimum Gasteiger partial charge on any atom is -0.495 e. The number of nitriles is 1. The molecular weight excluding hydrogens is 513 g/mol. The van der Waals surface area contributed by atoms with Gasteiger partial charge < -0.3 is 24.8 Å². The Labute approximate surface area is 215 Å². The standard InChI is InChI=1S/C24H21ClFN3O6S/c1-33-17-9-16(18(34-2)8-14(17)25)28-19(30)11-36-23-13(10-27)20(12-6-4-5-7-15(12)26)21(22(31)29-23)24(32)35-3/h4-9,20-21H,11H2,1-3H3,(H,28,30)(H,29,31)/t20-,21+/m1/s1. The van der Waals surface area contributed by atoms with Crippen LogP contribution in [0.2, 0.25) is 5.02 Å². The molecule has 1 aliphatic heterocycles. The van der Waals surface area contributed by atoms with E-state index < -0.39 is 35.4 Å². The van der Waals surface area contributed by atoms with Gasteiger partial charge in [0.05, 0.1) is 54.5 Å². The molecule has 0 saturated heterocycles. The summed E-state index contributed by atoms with van der Waals surface area (Å²) in [6.07, 6.45) is 0. The summed E-state index contributed by atoms with van der Waals surface area (Å²) < 4.78 is 29.8. The predicted octanol–water partition coefficient (Wildman–Crippen LogP) is 3.61. The number of methoxy groups -OCH3 is 3. The zero-order valence-corrected chi connectivity index (χ0v) is 21.0. The molecule has 2 aromatic rings. The first-order valence-electron chi connectivity index (χ1n) is 10.4. The first kappa shape index (κ1) is 26.8. The molecule has 0 aromatic heterocycles. The third-order valence-corrected chi connectivity index (χ3v) is 6.63. The van der Waals surface area contributed by atoms with Crippen molar-refractivity contribution >= 4 is 46.8 Å². The molecule has 0 saturated carbocycles. The number of anilines is 1. The molecule has 12 heteroatoms. The molecule has 0 radical (unpaired) electrons. The van der Waals surface area contributed by atoms with Gasteiger partial charge in [0, 0.05) is 18.1 Å². The Morgan fingerprint density at radius 3 is 2.50 bits per heavy atom. The van der Waals surface area contributed by atoms with Crippen molar-refractivity contribution in [1.29, 1.82) is 5.26 Å². The Balaban J connectivity index is 1.91. The fraction of sp³-hybridized carbons (Fsp3) is 0.250. The minimum atomic E-state index is -1.48. The highest BCUT2D eigenvalue weighted by atomic mass is 35.5. The van der Waals surface area contributed by atoms with Crippen LogP contribution in [0.1, 0.15) is 11.5 Å².